The first-order chi connectivity index (χ1) is 14.8. The van der Waals surface area contributed by atoms with E-state index in [2.05, 4.69) is 15.7 Å². The molecular weight excluding hydrogens is 399 g/mol. The Bertz CT molecular complexity index is 1170. The molecule has 3 aromatic rings. The highest BCUT2D eigenvalue weighted by atomic mass is 19.1. The fourth-order valence-corrected chi connectivity index (χ4v) is 2.90. The average molecular weight is 422 g/mol. The summed E-state index contributed by atoms with van der Waals surface area (Å²) in [5, 5.41) is 9.85. The Morgan fingerprint density at radius 3 is 2.45 bits per heavy atom. The molecule has 0 aliphatic rings. The van der Waals surface area contributed by atoms with Gasteiger partial charge in [0.05, 0.1) is 5.69 Å². The molecule has 0 aliphatic carbocycles. The molecule has 0 aliphatic heterocycles. The van der Waals surface area contributed by atoms with Crippen molar-refractivity contribution in [1.82, 2.24) is 9.78 Å². The van der Waals surface area contributed by atoms with Crippen LogP contribution in [-0.4, -0.2) is 21.6 Å². The lowest BCUT2D eigenvalue weighted by Gasteiger charge is -2.15. The van der Waals surface area contributed by atoms with Crippen molar-refractivity contribution in [1.29, 1.82) is 0 Å². The number of halogens is 1. The second-order valence-corrected chi connectivity index (χ2v) is 7.10. The van der Waals surface area contributed by atoms with Gasteiger partial charge in [-0.15, -0.1) is 0 Å². The highest BCUT2D eigenvalue weighted by molar-refractivity contribution is 5.93. The van der Waals surface area contributed by atoms with E-state index in [4.69, 9.17) is 0 Å². The van der Waals surface area contributed by atoms with Gasteiger partial charge in [0.15, 0.2) is 0 Å². The van der Waals surface area contributed by atoms with E-state index in [9.17, 15) is 18.8 Å². The predicted octanol–water partition coefficient (Wildman–Crippen LogP) is 3.91. The van der Waals surface area contributed by atoms with Gasteiger partial charge in [0.1, 0.15) is 11.9 Å². The molecule has 1 atom stereocenters. The zero-order valence-corrected chi connectivity index (χ0v) is 17.5. The lowest BCUT2D eigenvalue weighted by Crippen LogP contribution is -2.33. The van der Waals surface area contributed by atoms with Gasteiger partial charge in [-0.2, -0.15) is 5.10 Å². The van der Waals surface area contributed by atoms with Crippen LogP contribution in [0, 0.1) is 12.7 Å². The van der Waals surface area contributed by atoms with Crippen LogP contribution < -0.4 is 16.2 Å². The molecule has 31 heavy (non-hydrogen) atoms. The van der Waals surface area contributed by atoms with E-state index < -0.39 is 23.3 Å². The number of amides is 2. The van der Waals surface area contributed by atoms with E-state index in [0.29, 0.717) is 29.1 Å². The van der Waals surface area contributed by atoms with Crippen LogP contribution in [0.5, 0.6) is 0 Å². The normalized spacial score (nSPS) is 11.6. The van der Waals surface area contributed by atoms with Crippen LogP contribution in [-0.2, 0) is 9.59 Å². The van der Waals surface area contributed by atoms with Gasteiger partial charge in [-0.3, -0.25) is 14.4 Å². The van der Waals surface area contributed by atoms with Crippen LogP contribution in [0.15, 0.2) is 59.4 Å². The van der Waals surface area contributed by atoms with E-state index in [1.807, 2.05) is 19.1 Å². The Labute approximate surface area is 178 Å². The Kier molecular flexibility index (Phi) is 6.59. The lowest BCUT2D eigenvalue weighted by molar-refractivity contribution is -0.119. The van der Waals surface area contributed by atoms with Crippen LogP contribution in [0.25, 0.3) is 11.3 Å². The summed E-state index contributed by atoms with van der Waals surface area (Å²) < 4.78 is 14.2. The summed E-state index contributed by atoms with van der Waals surface area (Å²) in [7, 11) is 0. The van der Waals surface area contributed by atoms with Gasteiger partial charge < -0.3 is 10.6 Å². The van der Waals surface area contributed by atoms with Crippen molar-refractivity contribution in [3.8, 4) is 11.3 Å². The van der Waals surface area contributed by atoms with Crippen molar-refractivity contribution >= 4 is 23.2 Å². The van der Waals surface area contributed by atoms with Crippen LogP contribution in [0.4, 0.5) is 15.8 Å². The third kappa shape index (κ3) is 5.22. The molecule has 0 fully saturated rings. The van der Waals surface area contributed by atoms with Crippen LogP contribution in [0.2, 0.25) is 0 Å². The summed E-state index contributed by atoms with van der Waals surface area (Å²) in [6, 6.07) is 12.8. The number of aryl methyl sites for hydroxylation is 1. The third-order valence-electron chi connectivity index (χ3n) is 4.81. The maximum Gasteiger partial charge on any atom is 0.267 e. The summed E-state index contributed by atoms with van der Waals surface area (Å²) in [6.45, 7) is 5.20. The number of rotatable bonds is 6. The Balaban J connectivity index is 1.88. The number of nitrogens with zero attached hydrogens (tertiary/aromatic N) is 2. The largest absolute Gasteiger partial charge is 0.326 e. The molecule has 1 aromatic heterocycles. The van der Waals surface area contributed by atoms with E-state index in [-0.39, 0.29) is 5.91 Å². The number of aromatic nitrogens is 2. The molecule has 0 bridgehead atoms. The van der Waals surface area contributed by atoms with Crippen molar-refractivity contribution < 1.29 is 14.0 Å². The van der Waals surface area contributed by atoms with Crippen molar-refractivity contribution in [3.05, 3.63) is 76.3 Å². The van der Waals surface area contributed by atoms with Crippen molar-refractivity contribution in [2.45, 2.75) is 33.2 Å². The van der Waals surface area contributed by atoms with Gasteiger partial charge in [-0.25, -0.2) is 9.07 Å². The maximum absolute atomic E-state index is 13.1. The van der Waals surface area contributed by atoms with Crippen molar-refractivity contribution in [3.63, 3.8) is 0 Å². The fourth-order valence-electron chi connectivity index (χ4n) is 2.90. The highest BCUT2D eigenvalue weighted by Gasteiger charge is 2.18. The molecule has 2 N–H and O–H groups in total. The summed E-state index contributed by atoms with van der Waals surface area (Å²) in [4.78, 5) is 36.7. The van der Waals surface area contributed by atoms with E-state index in [0.717, 1.165) is 10.2 Å². The number of carbonyl (C=O) groups is 2. The fraction of sp³-hybridized carbons (Fsp3) is 0.217. The van der Waals surface area contributed by atoms with Gasteiger partial charge in [0, 0.05) is 29.4 Å². The number of hydrogen-bond acceptors (Lipinski definition) is 4. The molecule has 0 unspecified atom stereocenters. The molecule has 1 heterocycles. The van der Waals surface area contributed by atoms with Gasteiger partial charge in [-0.1, -0.05) is 19.1 Å². The smallest absolute Gasteiger partial charge is 0.267 e. The summed E-state index contributed by atoms with van der Waals surface area (Å²) in [6.07, 6.45) is 0.355. The van der Waals surface area contributed by atoms with Crippen molar-refractivity contribution in [2.75, 3.05) is 10.6 Å². The Hall–Kier alpha value is -3.81. The van der Waals surface area contributed by atoms with Crippen molar-refractivity contribution in [2.24, 2.45) is 0 Å². The van der Waals surface area contributed by atoms with E-state index in [1.165, 1.54) is 30.3 Å². The molecule has 2 amide bonds. The summed E-state index contributed by atoms with van der Waals surface area (Å²) >= 11 is 0. The number of anilines is 2. The average Bonchev–Trinajstić information content (AvgIpc) is 2.76. The SMILES string of the molecule is CCC(=O)Nc1cc(-c2ccc(=O)n([C@@H](C)C(=O)Nc3ccc(F)cc3)n2)ccc1C. The molecular formula is C23H23FN4O3. The zero-order valence-electron chi connectivity index (χ0n) is 17.5. The first kappa shape index (κ1) is 21.9. The number of benzene rings is 2. The molecule has 0 radical (unpaired) electrons. The second kappa shape index (κ2) is 9.34. The van der Waals surface area contributed by atoms with Gasteiger partial charge in [0.25, 0.3) is 5.56 Å². The van der Waals surface area contributed by atoms with Gasteiger partial charge >= 0.3 is 0 Å². The molecule has 8 heteroatoms. The van der Waals surface area contributed by atoms with E-state index >= 15 is 0 Å². The highest BCUT2D eigenvalue weighted by Crippen LogP contribution is 2.24. The molecule has 160 valence electrons. The van der Waals surface area contributed by atoms with Crippen LogP contribution in [0.3, 0.4) is 0 Å². The predicted molar refractivity (Wildman–Crippen MR) is 117 cm³/mol. The Morgan fingerprint density at radius 1 is 1.06 bits per heavy atom. The van der Waals surface area contributed by atoms with Gasteiger partial charge in [-0.05, 0) is 55.8 Å². The number of hydrogen-bond donors (Lipinski definition) is 2. The summed E-state index contributed by atoms with van der Waals surface area (Å²) in [5.41, 5.74) is 2.70. The topological polar surface area (TPSA) is 93.1 Å². The number of carbonyl (C=O) groups excluding carboxylic acids is 2. The third-order valence-corrected chi connectivity index (χ3v) is 4.81. The second-order valence-electron chi connectivity index (χ2n) is 7.10. The minimum Gasteiger partial charge on any atom is -0.326 e. The molecule has 0 spiro atoms. The first-order valence-electron chi connectivity index (χ1n) is 9.85. The zero-order chi connectivity index (χ0) is 22.5. The first-order valence-corrected chi connectivity index (χ1v) is 9.85. The summed E-state index contributed by atoms with van der Waals surface area (Å²) in [5.74, 6) is -0.980. The van der Waals surface area contributed by atoms with Gasteiger partial charge in [0.2, 0.25) is 11.8 Å². The molecule has 7 nitrogen and oxygen atoms in total. The lowest BCUT2D eigenvalue weighted by atomic mass is 10.1. The minimum atomic E-state index is -0.901. The quantitative estimate of drug-likeness (QED) is 0.630. The molecule has 3 rings (SSSR count). The standard InChI is InChI=1S/C23H23FN4O3/c1-4-21(29)26-20-13-16(6-5-14(20)2)19-11-12-22(30)28(27-19)15(3)23(31)25-18-9-7-17(24)8-10-18/h5-13,15H,4H2,1-3H3,(H,25,31)(H,26,29)/t15-/m0/s1. The van der Waals surface area contributed by atoms with Crippen LogP contribution in [0.1, 0.15) is 31.9 Å². The Morgan fingerprint density at radius 2 is 1.77 bits per heavy atom. The molecule has 0 saturated heterocycles. The van der Waals surface area contributed by atoms with E-state index in [1.54, 1.807) is 26.0 Å². The monoisotopic (exact) mass is 422 g/mol. The molecule has 2 aromatic carbocycles. The number of nitrogens with one attached hydrogen (secondary N) is 2. The minimum absolute atomic E-state index is 0.107. The maximum atomic E-state index is 13.1. The molecule has 0 saturated carbocycles. The van der Waals surface area contributed by atoms with Crippen LogP contribution >= 0.6 is 0 Å².